The van der Waals surface area contributed by atoms with E-state index in [1.54, 1.807) is 32.0 Å². The van der Waals surface area contributed by atoms with Crippen LogP contribution in [0.3, 0.4) is 0 Å². The number of halogens is 2. The van der Waals surface area contributed by atoms with Gasteiger partial charge in [0.15, 0.2) is 0 Å². The van der Waals surface area contributed by atoms with Crippen molar-refractivity contribution in [3.05, 3.63) is 29.8 Å². The van der Waals surface area contributed by atoms with Crippen molar-refractivity contribution in [2.45, 2.75) is 38.3 Å². The van der Waals surface area contributed by atoms with E-state index in [4.69, 9.17) is 10.8 Å². The van der Waals surface area contributed by atoms with Crippen molar-refractivity contribution in [2.75, 3.05) is 6.61 Å². The molecule has 0 amide bonds. The van der Waals surface area contributed by atoms with Crippen molar-refractivity contribution < 1.29 is 18.6 Å². The van der Waals surface area contributed by atoms with Gasteiger partial charge >= 0.3 is 6.61 Å². The summed E-state index contributed by atoms with van der Waals surface area (Å²) in [7, 11) is 0. The molecule has 3 N–H and O–H groups in total. The molecule has 102 valence electrons. The lowest BCUT2D eigenvalue weighted by molar-refractivity contribution is -0.0508. The Kier molecular flexibility index (Phi) is 5.04. The number of rotatable bonds is 6. The number of nitrogens with two attached hydrogens (primary N) is 1. The maximum absolute atomic E-state index is 12.3. The molecule has 1 atom stereocenters. The molecule has 3 nitrogen and oxygen atoms in total. The van der Waals surface area contributed by atoms with Gasteiger partial charge in [-0.05, 0) is 31.9 Å². The Hall–Kier alpha value is -1.20. The van der Waals surface area contributed by atoms with Crippen LogP contribution in [0.5, 0.6) is 5.75 Å². The fraction of sp³-hybridized carbons (Fsp3) is 0.538. The van der Waals surface area contributed by atoms with E-state index in [9.17, 15) is 8.78 Å². The third-order valence-electron chi connectivity index (χ3n) is 2.83. The number of hydrogen-bond acceptors (Lipinski definition) is 3. The predicted octanol–water partition coefficient (Wildman–Crippen LogP) is 2.49. The van der Waals surface area contributed by atoms with E-state index in [1.807, 2.05) is 0 Å². The Labute approximate surface area is 106 Å². The van der Waals surface area contributed by atoms with Crippen LogP contribution in [0.15, 0.2) is 24.3 Å². The molecular formula is C13H19F2NO2. The van der Waals surface area contributed by atoms with Gasteiger partial charge in [0.05, 0.1) is 0 Å². The number of hydrogen-bond donors (Lipinski definition) is 2. The van der Waals surface area contributed by atoms with E-state index in [-0.39, 0.29) is 18.3 Å². The van der Waals surface area contributed by atoms with Crippen LogP contribution in [0.1, 0.15) is 31.7 Å². The van der Waals surface area contributed by atoms with Crippen LogP contribution in [-0.2, 0) is 0 Å². The Bertz CT molecular complexity index is 377. The Morgan fingerprint density at radius 3 is 2.44 bits per heavy atom. The van der Waals surface area contributed by atoms with Crippen LogP contribution >= 0.6 is 0 Å². The normalized spacial score (nSPS) is 13.7. The molecule has 0 heterocycles. The Morgan fingerprint density at radius 1 is 1.33 bits per heavy atom. The van der Waals surface area contributed by atoms with Gasteiger partial charge in [0.25, 0.3) is 0 Å². The molecule has 0 aromatic heterocycles. The number of aliphatic hydroxyl groups excluding tert-OH is 1. The van der Waals surface area contributed by atoms with Crippen LogP contribution < -0.4 is 10.5 Å². The third kappa shape index (κ3) is 3.92. The largest absolute Gasteiger partial charge is 0.435 e. The molecule has 18 heavy (non-hydrogen) atoms. The second kappa shape index (κ2) is 6.11. The van der Waals surface area contributed by atoms with Crippen LogP contribution in [0.2, 0.25) is 0 Å². The molecule has 0 spiro atoms. The summed E-state index contributed by atoms with van der Waals surface area (Å²) in [5.74, 6) is -0.137. The smallest absolute Gasteiger partial charge is 0.387 e. The van der Waals surface area contributed by atoms with Gasteiger partial charge < -0.3 is 15.6 Å². The molecule has 0 fully saturated rings. The molecule has 0 radical (unpaired) electrons. The summed E-state index contributed by atoms with van der Waals surface area (Å²) < 4.78 is 29.2. The second-order valence-corrected chi connectivity index (χ2v) is 4.80. The standard InChI is InChI=1S/C13H19F2NO2/c1-13(2,16)10(7-8-17)9-5-3-4-6-11(9)18-12(14)15/h3-6,10,12,17H,7-8,16H2,1-2H3. The molecule has 0 aliphatic rings. The molecular weight excluding hydrogens is 240 g/mol. The minimum Gasteiger partial charge on any atom is -0.435 e. The number of para-hydroxylation sites is 1. The van der Waals surface area contributed by atoms with E-state index in [2.05, 4.69) is 4.74 Å². The minimum absolute atomic E-state index is 0.0612. The highest BCUT2D eigenvalue weighted by Gasteiger charge is 2.29. The average Bonchev–Trinajstić information content (AvgIpc) is 2.25. The number of aliphatic hydroxyl groups is 1. The van der Waals surface area contributed by atoms with Gasteiger partial charge in [-0.15, -0.1) is 0 Å². The first-order chi connectivity index (χ1) is 8.36. The van der Waals surface area contributed by atoms with Crippen molar-refractivity contribution in [1.82, 2.24) is 0 Å². The molecule has 5 heteroatoms. The monoisotopic (exact) mass is 259 g/mol. The Balaban J connectivity index is 3.11. The Morgan fingerprint density at radius 2 is 1.94 bits per heavy atom. The van der Waals surface area contributed by atoms with Gasteiger partial charge in [-0.25, -0.2) is 0 Å². The topological polar surface area (TPSA) is 55.5 Å². The van der Waals surface area contributed by atoms with Crippen LogP contribution in [0, 0.1) is 0 Å². The molecule has 0 aliphatic carbocycles. The van der Waals surface area contributed by atoms with E-state index in [0.29, 0.717) is 12.0 Å². The number of alkyl halides is 2. The molecule has 0 saturated carbocycles. The third-order valence-corrected chi connectivity index (χ3v) is 2.83. The van der Waals surface area contributed by atoms with Crippen molar-refractivity contribution in [3.8, 4) is 5.75 Å². The summed E-state index contributed by atoms with van der Waals surface area (Å²) in [5.41, 5.74) is 6.01. The summed E-state index contributed by atoms with van der Waals surface area (Å²) in [5, 5.41) is 9.09. The molecule has 0 aliphatic heterocycles. The lowest BCUT2D eigenvalue weighted by Gasteiger charge is -2.31. The van der Waals surface area contributed by atoms with Crippen molar-refractivity contribution in [2.24, 2.45) is 5.73 Å². The van der Waals surface area contributed by atoms with E-state index in [1.165, 1.54) is 6.07 Å². The van der Waals surface area contributed by atoms with Gasteiger partial charge in [0, 0.05) is 18.1 Å². The van der Waals surface area contributed by atoms with E-state index >= 15 is 0 Å². The molecule has 1 rings (SSSR count). The summed E-state index contributed by atoms with van der Waals surface area (Å²) in [4.78, 5) is 0. The van der Waals surface area contributed by atoms with Crippen LogP contribution in [0.4, 0.5) is 8.78 Å². The van der Waals surface area contributed by atoms with Crippen LogP contribution in [0.25, 0.3) is 0 Å². The average molecular weight is 259 g/mol. The molecule has 0 bridgehead atoms. The summed E-state index contributed by atoms with van der Waals surface area (Å²) in [6.07, 6.45) is 0.396. The highest BCUT2D eigenvalue weighted by molar-refractivity contribution is 5.38. The predicted molar refractivity (Wildman–Crippen MR) is 65.8 cm³/mol. The first kappa shape index (κ1) is 14.9. The fourth-order valence-corrected chi connectivity index (χ4v) is 2.03. The second-order valence-electron chi connectivity index (χ2n) is 4.80. The molecule has 1 unspecified atom stereocenters. The zero-order valence-electron chi connectivity index (χ0n) is 10.6. The number of ether oxygens (including phenoxy) is 1. The first-order valence-corrected chi connectivity index (χ1v) is 5.79. The van der Waals surface area contributed by atoms with Gasteiger partial charge in [-0.1, -0.05) is 18.2 Å². The molecule has 1 aromatic carbocycles. The number of benzene rings is 1. The van der Waals surface area contributed by atoms with Gasteiger partial charge in [-0.2, -0.15) is 8.78 Å². The van der Waals surface area contributed by atoms with E-state index in [0.717, 1.165) is 0 Å². The zero-order chi connectivity index (χ0) is 13.8. The van der Waals surface area contributed by atoms with Gasteiger partial charge in [-0.3, -0.25) is 0 Å². The van der Waals surface area contributed by atoms with Gasteiger partial charge in [0.1, 0.15) is 5.75 Å². The van der Waals surface area contributed by atoms with Crippen molar-refractivity contribution >= 4 is 0 Å². The van der Waals surface area contributed by atoms with Crippen LogP contribution in [-0.4, -0.2) is 23.9 Å². The van der Waals surface area contributed by atoms with Crippen molar-refractivity contribution in [1.29, 1.82) is 0 Å². The maximum Gasteiger partial charge on any atom is 0.387 e. The highest BCUT2D eigenvalue weighted by Crippen LogP contribution is 2.35. The highest BCUT2D eigenvalue weighted by atomic mass is 19.3. The lowest BCUT2D eigenvalue weighted by Crippen LogP contribution is -2.40. The first-order valence-electron chi connectivity index (χ1n) is 5.79. The zero-order valence-corrected chi connectivity index (χ0v) is 10.6. The van der Waals surface area contributed by atoms with Gasteiger partial charge in [0.2, 0.25) is 0 Å². The quantitative estimate of drug-likeness (QED) is 0.825. The fourth-order valence-electron chi connectivity index (χ4n) is 2.03. The lowest BCUT2D eigenvalue weighted by atomic mass is 9.80. The molecule has 0 saturated heterocycles. The summed E-state index contributed by atoms with van der Waals surface area (Å²) >= 11 is 0. The summed E-state index contributed by atoms with van der Waals surface area (Å²) in [6, 6.07) is 6.55. The van der Waals surface area contributed by atoms with Crippen molar-refractivity contribution in [3.63, 3.8) is 0 Å². The maximum atomic E-state index is 12.3. The minimum atomic E-state index is -2.87. The molecule has 1 aromatic rings. The SMILES string of the molecule is CC(C)(N)C(CCO)c1ccccc1OC(F)F. The van der Waals surface area contributed by atoms with E-state index < -0.39 is 12.2 Å². The summed E-state index contributed by atoms with van der Waals surface area (Å²) in [6.45, 7) is 0.662.